The smallest absolute Gasteiger partial charge is 0.244 e. The third kappa shape index (κ3) is 2.82. The lowest BCUT2D eigenvalue weighted by Gasteiger charge is -2.24. The lowest BCUT2D eigenvalue weighted by Crippen LogP contribution is -2.37. The fourth-order valence-electron chi connectivity index (χ4n) is 2.63. The van der Waals surface area contributed by atoms with E-state index in [1.165, 1.54) is 30.8 Å². The van der Waals surface area contributed by atoms with Crippen molar-refractivity contribution in [1.29, 1.82) is 0 Å². The number of rotatable bonds is 1. The number of nitrogens with zero attached hydrogens (tertiary/aromatic N) is 2. The van der Waals surface area contributed by atoms with Crippen molar-refractivity contribution in [2.75, 3.05) is 16.4 Å². The van der Waals surface area contributed by atoms with E-state index in [-0.39, 0.29) is 28.7 Å². The number of carbonyl (C=O) groups excluding carboxylic acids is 1. The molecule has 21 heavy (non-hydrogen) atoms. The van der Waals surface area contributed by atoms with Crippen LogP contribution in [0.5, 0.6) is 0 Å². The molecule has 0 spiro atoms. The second-order valence-corrected chi connectivity index (χ2v) is 8.42. The minimum absolute atomic E-state index is 0.00188. The molecule has 2 aliphatic rings. The van der Waals surface area contributed by atoms with Gasteiger partial charge < -0.3 is 4.90 Å². The molecule has 0 N–H and O–H groups in total. The van der Waals surface area contributed by atoms with E-state index in [0.717, 1.165) is 0 Å². The Morgan fingerprint density at radius 2 is 2.19 bits per heavy atom. The van der Waals surface area contributed by atoms with Crippen LogP contribution in [0.4, 0.5) is 10.1 Å². The molecule has 0 saturated carbocycles. The first-order valence-corrected chi connectivity index (χ1v) is 9.07. The maximum Gasteiger partial charge on any atom is 0.244 e. The van der Waals surface area contributed by atoms with E-state index in [0.29, 0.717) is 10.9 Å². The average Bonchev–Trinajstić information content (AvgIpc) is 2.79. The zero-order valence-corrected chi connectivity index (χ0v) is 12.8. The Bertz CT molecular complexity index is 733. The first-order valence-electron chi connectivity index (χ1n) is 6.37. The topological polar surface area (TPSA) is 66.8 Å². The zero-order chi connectivity index (χ0) is 15.2. The van der Waals surface area contributed by atoms with E-state index >= 15 is 0 Å². The van der Waals surface area contributed by atoms with Crippen molar-refractivity contribution in [3.63, 3.8) is 0 Å². The van der Waals surface area contributed by atoms with Crippen molar-refractivity contribution >= 4 is 38.4 Å². The summed E-state index contributed by atoms with van der Waals surface area (Å²) in [5.74, 6) is -0.714. The van der Waals surface area contributed by atoms with Gasteiger partial charge >= 0.3 is 0 Å². The molecule has 2 fully saturated rings. The van der Waals surface area contributed by atoms with Crippen molar-refractivity contribution in [2.24, 2.45) is 4.99 Å². The van der Waals surface area contributed by atoms with Crippen LogP contribution in [0, 0.1) is 5.82 Å². The van der Waals surface area contributed by atoms with Gasteiger partial charge in [-0.2, -0.15) is 4.99 Å². The van der Waals surface area contributed by atoms with Gasteiger partial charge in [-0.25, -0.2) is 12.8 Å². The molecule has 2 aliphatic heterocycles. The second kappa shape index (κ2) is 5.10. The molecular formula is C13H13FN2O3S2. The normalized spacial score (nSPS) is 28.9. The molecule has 2 atom stereocenters. The Labute approximate surface area is 126 Å². The van der Waals surface area contributed by atoms with Gasteiger partial charge in [0.25, 0.3) is 0 Å². The summed E-state index contributed by atoms with van der Waals surface area (Å²) in [6, 6.07) is 5.57. The van der Waals surface area contributed by atoms with Gasteiger partial charge in [-0.3, -0.25) is 4.79 Å². The first kappa shape index (κ1) is 14.5. The van der Waals surface area contributed by atoms with E-state index in [1.807, 2.05) is 0 Å². The Balaban J connectivity index is 2.05. The lowest BCUT2D eigenvalue weighted by molar-refractivity contribution is -0.115. The van der Waals surface area contributed by atoms with E-state index in [4.69, 9.17) is 0 Å². The Morgan fingerprint density at radius 3 is 2.86 bits per heavy atom. The number of amidine groups is 1. The summed E-state index contributed by atoms with van der Waals surface area (Å²) in [6.07, 6.45) is 0. The number of carbonyl (C=O) groups is 1. The second-order valence-electron chi connectivity index (χ2n) is 5.06. The number of amides is 1. The minimum atomic E-state index is -3.10. The number of halogens is 1. The van der Waals surface area contributed by atoms with Crippen LogP contribution in [0.3, 0.4) is 0 Å². The van der Waals surface area contributed by atoms with Crippen molar-refractivity contribution in [2.45, 2.75) is 18.2 Å². The maximum atomic E-state index is 13.4. The summed E-state index contributed by atoms with van der Waals surface area (Å²) in [4.78, 5) is 16.9. The summed E-state index contributed by atoms with van der Waals surface area (Å²) >= 11 is 1.27. The van der Waals surface area contributed by atoms with Crippen LogP contribution in [-0.2, 0) is 14.6 Å². The molecule has 3 rings (SSSR count). The summed E-state index contributed by atoms with van der Waals surface area (Å²) in [5, 5.41) is 0.273. The molecule has 0 aliphatic carbocycles. The van der Waals surface area contributed by atoms with Crippen LogP contribution >= 0.6 is 11.8 Å². The highest BCUT2D eigenvalue weighted by molar-refractivity contribution is 8.16. The van der Waals surface area contributed by atoms with Crippen LogP contribution < -0.4 is 4.90 Å². The summed E-state index contributed by atoms with van der Waals surface area (Å²) in [6.45, 7) is 1.34. The summed E-state index contributed by atoms with van der Waals surface area (Å²) < 4.78 is 37.0. The van der Waals surface area contributed by atoms with E-state index in [1.54, 1.807) is 17.0 Å². The number of anilines is 1. The standard InChI is InChI=1S/C13H13FN2O3S2/c1-8(17)15-13-16(10-4-2-3-9(14)5-10)11-6-21(18,19)7-12(11)20-13/h2-5,11-12H,6-7H2,1H3/t11-,12-/m0/s1. The van der Waals surface area contributed by atoms with Gasteiger partial charge in [-0.1, -0.05) is 17.8 Å². The number of sulfone groups is 1. The highest BCUT2D eigenvalue weighted by atomic mass is 32.2. The van der Waals surface area contributed by atoms with Crippen molar-refractivity contribution in [3.8, 4) is 0 Å². The number of benzene rings is 1. The quantitative estimate of drug-likeness (QED) is 0.780. The molecule has 1 amide bonds. The summed E-state index contributed by atoms with van der Waals surface area (Å²) in [5.41, 5.74) is 0.520. The zero-order valence-electron chi connectivity index (χ0n) is 11.2. The molecule has 1 aromatic rings. The lowest BCUT2D eigenvalue weighted by atomic mass is 10.2. The van der Waals surface area contributed by atoms with Crippen LogP contribution in [0.25, 0.3) is 0 Å². The van der Waals surface area contributed by atoms with Gasteiger partial charge in [0.05, 0.1) is 17.5 Å². The maximum absolute atomic E-state index is 13.4. The molecule has 1 aromatic carbocycles. The van der Waals surface area contributed by atoms with Crippen LogP contribution in [0.1, 0.15) is 6.92 Å². The number of hydrogen-bond donors (Lipinski definition) is 0. The third-order valence-electron chi connectivity index (χ3n) is 3.41. The molecule has 0 bridgehead atoms. The fourth-order valence-corrected chi connectivity index (χ4v) is 6.59. The van der Waals surface area contributed by atoms with Crippen molar-refractivity contribution in [3.05, 3.63) is 30.1 Å². The average molecular weight is 328 g/mol. The number of hydrogen-bond acceptors (Lipinski definition) is 4. The van der Waals surface area contributed by atoms with E-state index in [2.05, 4.69) is 4.99 Å². The molecule has 2 saturated heterocycles. The largest absolute Gasteiger partial charge is 0.315 e. The van der Waals surface area contributed by atoms with Crippen LogP contribution in [0.15, 0.2) is 29.3 Å². The van der Waals surface area contributed by atoms with Crippen LogP contribution in [0.2, 0.25) is 0 Å². The Hall–Kier alpha value is -1.41. The molecule has 0 unspecified atom stereocenters. The first-order chi connectivity index (χ1) is 9.85. The minimum Gasteiger partial charge on any atom is -0.315 e. The van der Waals surface area contributed by atoms with Crippen molar-refractivity contribution in [1.82, 2.24) is 0 Å². The third-order valence-corrected chi connectivity index (χ3v) is 6.62. The number of fused-ring (bicyclic) bond motifs is 1. The molecule has 2 heterocycles. The van der Waals surface area contributed by atoms with Gasteiger partial charge in [0.15, 0.2) is 15.0 Å². The van der Waals surface area contributed by atoms with Gasteiger partial charge in [0.1, 0.15) is 5.82 Å². The van der Waals surface area contributed by atoms with Gasteiger partial charge in [-0.05, 0) is 18.2 Å². The monoisotopic (exact) mass is 328 g/mol. The molecular weight excluding hydrogens is 315 g/mol. The van der Waals surface area contributed by atoms with Gasteiger partial charge in [-0.15, -0.1) is 0 Å². The highest BCUT2D eigenvalue weighted by Gasteiger charge is 2.49. The number of thioether (sulfide) groups is 1. The Morgan fingerprint density at radius 1 is 1.43 bits per heavy atom. The summed E-state index contributed by atoms with van der Waals surface area (Å²) in [7, 11) is -3.10. The fraction of sp³-hybridized carbons (Fsp3) is 0.385. The molecule has 5 nitrogen and oxygen atoms in total. The SMILES string of the molecule is CC(=O)N=C1S[C@H]2CS(=O)(=O)C[C@@H]2N1c1cccc(F)c1. The van der Waals surface area contributed by atoms with E-state index < -0.39 is 15.7 Å². The predicted molar refractivity (Wildman–Crippen MR) is 80.8 cm³/mol. The molecule has 0 aromatic heterocycles. The van der Waals surface area contributed by atoms with Gasteiger partial charge in [0.2, 0.25) is 5.91 Å². The molecule has 8 heteroatoms. The van der Waals surface area contributed by atoms with Gasteiger partial charge in [0, 0.05) is 17.9 Å². The number of aliphatic imine (C=N–C) groups is 1. The molecule has 0 radical (unpaired) electrons. The Kier molecular flexibility index (Phi) is 3.53. The van der Waals surface area contributed by atoms with Crippen molar-refractivity contribution < 1.29 is 17.6 Å². The molecule has 112 valence electrons. The predicted octanol–water partition coefficient (Wildman–Crippen LogP) is 1.45. The highest BCUT2D eigenvalue weighted by Crippen LogP contribution is 2.40. The van der Waals surface area contributed by atoms with Crippen LogP contribution in [-0.4, -0.2) is 42.3 Å². The van der Waals surface area contributed by atoms with E-state index in [9.17, 15) is 17.6 Å².